The molecular weight excluding hydrogens is 376 g/mol. The first-order chi connectivity index (χ1) is 13.3. The number of nitro groups is 1. The summed E-state index contributed by atoms with van der Waals surface area (Å²) in [5.74, 6) is -0.414. The molecule has 3 rings (SSSR count). The Hall–Kier alpha value is -2.84. The number of aryl methyl sites for hydroxylation is 2. The van der Waals surface area contributed by atoms with Gasteiger partial charge in [0, 0.05) is 19.2 Å². The van der Waals surface area contributed by atoms with Crippen LogP contribution < -0.4 is 4.90 Å². The van der Waals surface area contributed by atoms with Crippen molar-refractivity contribution in [2.24, 2.45) is 0 Å². The topological polar surface area (TPSA) is 79.6 Å². The average molecular weight is 398 g/mol. The highest BCUT2D eigenvalue weighted by Gasteiger charge is 2.27. The summed E-state index contributed by atoms with van der Waals surface area (Å²) in [6.07, 6.45) is 0. The van der Waals surface area contributed by atoms with Crippen LogP contribution in [0.15, 0.2) is 36.4 Å². The van der Waals surface area contributed by atoms with Crippen LogP contribution in [0.4, 0.5) is 10.8 Å². The Morgan fingerprint density at radius 2 is 1.89 bits per heavy atom. The minimum absolute atomic E-state index is 0.0680. The Labute approximate surface area is 167 Å². The molecular formula is C20H22N4O3S. The Bertz CT molecular complexity index is 1050. The number of rotatable bonds is 6. The van der Waals surface area contributed by atoms with Crippen molar-refractivity contribution in [3.8, 4) is 0 Å². The van der Waals surface area contributed by atoms with E-state index in [1.807, 2.05) is 38.9 Å². The maximum absolute atomic E-state index is 13.3. The maximum atomic E-state index is 13.3. The van der Waals surface area contributed by atoms with Crippen molar-refractivity contribution in [3.05, 3.63) is 63.2 Å². The summed E-state index contributed by atoms with van der Waals surface area (Å²) in [5.41, 5.74) is 2.91. The van der Waals surface area contributed by atoms with Crippen LogP contribution in [0.25, 0.3) is 10.2 Å². The molecule has 3 aromatic rings. The van der Waals surface area contributed by atoms with Gasteiger partial charge in [-0.05, 0) is 51.2 Å². The monoisotopic (exact) mass is 398 g/mol. The Morgan fingerprint density at radius 1 is 1.18 bits per heavy atom. The quantitative estimate of drug-likeness (QED) is 0.463. The number of nitrogens with zero attached hydrogens (tertiary/aromatic N) is 4. The first-order valence-corrected chi connectivity index (χ1v) is 9.67. The third-order valence-corrected chi connectivity index (χ3v) is 5.62. The van der Waals surface area contributed by atoms with E-state index in [0.717, 1.165) is 21.3 Å². The summed E-state index contributed by atoms with van der Waals surface area (Å²) in [5, 5.41) is 11.9. The van der Waals surface area contributed by atoms with Gasteiger partial charge >= 0.3 is 0 Å². The number of amides is 1. The van der Waals surface area contributed by atoms with E-state index >= 15 is 0 Å². The number of hydrogen-bond acceptors (Lipinski definition) is 6. The molecule has 8 heteroatoms. The number of likely N-dealkylation sites (N-methyl/N-ethyl adjacent to an activating group) is 1. The first-order valence-electron chi connectivity index (χ1n) is 8.85. The zero-order valence-corrected chi connectivity index (χ0v) is 17.1. The van der Waals surface area contributed by atoms with Crippen molar-refractivity contribution in [1.82, 2.24) is 9.88 Å². The number of thiazole rings is 1. The summed E-state index contributed by atoms with van der Waals surface area (Å²) in [4.78, 5) is 32.3. The molecule has 0 N–H and O–H groups in total. The number of nitro benzene ring substituents is 1. The summed E-state index contributed by atoms with van der Waals surface area (Å²) in [6, 6.07) is 10.1. The molecule has 1 amide bonds. The van der Waals surface area contributed by atoms with Crippen molar-refractivity contribution < 1.29 is 9.72 Å². The number of aromatic nitrogens is 1. The molecule has 0 spiro atoms. The lowest BCUT2D eigenvalue weighted by molar-refractivity contribution is -0.385. The number of fused-ring (bicyclic) bond motifs is 1. The molecule has 0 unspecified atom stereocenters. The molecule has 0 radical (unpaired) electrons. The van der Waals surface area contributed by atoms with Crippen molar-refractivity contribution >= 4 is 38.3 Å². The predicted molar refractivity (Wildman–Crippen MR) is 112 cm³/mol. The van der Waals surface area contributed by atoms with Crippen molar-refractivity contribution in [2.45, 2.75) is 13.8 Å². The minimum Gasteiger partial charge on any atom is -0.308 e. The number of para-hydroxylation sites is 1. The van der Waals surface area contributed by atoms with Gasteiger partial charge in [-0.1, -0.05) is 29.5 Å². The molecule has 28 heavy (non-hydrogen) atoms. The van der Waals surface area contributed by atoms with Gasteiger partial charge in [-0.3, -0.25) is 19.8 Å². The molecule has 1 heterocycles. The first kappa shape index (κ1) is 19.9. The molecule has 0 bridgehead atoms. The number of hydrogen-bond donors (Lipinski definition) is 0. The lowest BCUT2D eigenvalue weighted by Gasteiger charge is -2.21. The molecule has 2 aromatic carbocycles. The van der Waals surface area contributed by atoms with E-state index in [0.29, 0.717) is 18.2 Å². The largest absolute Gasteiger partial charge is 0.308 e. The summed E-state index contributed by atoms with van der Waals surface area (Å²) in [6.45, 7) is 5.02. The minimum atomic E-state index is -0.525. The average Bonchev–Trinajstić information content (AvgIpc) is 3.05. The lowest BCUT2D eigenvalue weighted by Crippen LogP contribution is -2.37. The van der Waals surface area contributed by atoms with Gasteiger partial charge in [-0.2, -0.15) is 0 Å². The second-order valence-corrected chi connectivity index (χ2v) is 7.94. The van der Waals surface area contributed by atoms with E-state index in [1.165, 1.54) is 23.5 Å². The summed E-state index contributed by atoms with van der Waals surface area (Å²) < 4.78 is 1.02. The SMILES string of the molecule is Cc1cc(C)c2sc(N(CCN(C)C)C(=O)c3ccccc3[N+](=O)[O-])nc2c1. The van der Waals surface area contributed by atoms with Gasteiger partial charge in [0.05, 0.1) is 15.1 Å². The second-order valence-electron chi connectivity index (χ2n) is 6.96. The fourth-order valence-electron chi connectivity index (χ4n) is 3.02. The standard InChI is InChI=1S/C20H22N4O3S/c1-13-11-14(2)18-16(12-13)21-20(28-18)23(10-9-22(3)4)19(25)15-7-5-6-8-17(15)24(26)27/h5-8,11-12H,9-10H2,1-4H3. The van der Waals surface area contributed by atoms with Gasteiger partial charge in [0.15, 0.2) is 5.13 Å². The van der Waals surface area contributed by atoms with Crippen LogP contribution in [0.5, 0.6) is 0 Å². The van der Waals surface area contributed by atoms with Crippen molar-refractivity contribution in [2.75, 3.05) is 32.1 Å². The molecule has 0 saturated carbocycles. The van der Waals surface area contributed by atoms with E-state index in [1.54, 1.807) is 17.0 Å². The summed E-state index contributed by atoms with van der Waals surface area (Å²) in [7, 11) is 3.83. The van der Waals surface area contributed by atoms with Gasteiger partial charge in [-0.25, -0.2) is 4.98 Å². The zero-order valence-electron chi connectivity index (χ0n) is 16.3. The van der Waals surface area contributed by atoms with E-state index in [9.17, 15) is 14.9 Å². The van der Waals surface area contributed by atoms with Gasteiger partial charge in [0.2, 0.25) is 0 Å². The second kappa shape index (κ2) is 8.04. The Morgan fingerprint density at radius 3 is 2.57 bits per heavy atom. The third-order valence-electron chi connectivity index (χ3n) is 4.39. The van der Waals surface area contributed by atoms with E-state index in [-0.39, 0.29) is 11.3 Å². The highest BCUT2D eigenvalue weighted by molar-refractivity contribution is 7.22. The summed E-state index contributed by atoms with van der Waals surface area (Å²) >= 11 is 1.44. The number of benzene rings is 2. The molecule has 0 fully saturated rings. The van der Waals surface area contributed by atoms with Crippen LogP contribution in [0, 0.1) is 24.0 Å². The van der Waals surface area contributed by atoms with Gasteiger partial charge in [-0.15, -0.1) is 0 Å². The highest BCUT2D eigenvalue weighted by Crippen LogP contribution is 2.33. The van der Waals surface area contributed by atoms with Crippen LogP contribution in [0.1, 0.15) is 21.5 Å². The number of carbonyl (C=O) groups is 1. The van der Waals surface area contributed by atoms with Crippen molar-refractivity contribution in [1.29, 1.82) is 0 Å². The number of carbonyl (C=O) groups excluding carboxylic acids is 1. The molecule has 146 valence electrons. The number of anilines is 1. The predicted octanol–water partition coefficient (Wildman–Crippen LogP) is 4.03. The van der Waals surface area contributed by atoms with Gasteiger partial charge < -0.3 is 4.90 Å². The van der Waals surface area contributed by atoms with Crippen LogP contribution >= 0.6 is 11.3 Å². The fourth-order valence-corrected chi connectivity index (χ4v) is 4.06. The highest BCUT2D eigenvalue weighted by atomic mass is 32.1. The van der Waals surface area contributed by atoms with Crippen molar-refractivity contribution in [3.63, 3.8) is 0 Å². The van der Waals surface area contributed by atoms with E-state index < -0.39 is 10.8 Å². The van der Waals surface area contributed by atoms with Crippen LogP contribution in [0.3, 0.4) is 0 Å². The molecule has 7 nitrogen and oxygen atoms in total. The molecule has 0 aliphatic carbocycles. The molecule has 0 aliphatic rings. The third kappa shape index (κ3) is 4.02. The van der Waals surface area contributed by atoms with Gasteiger partial charge in [0.25, 0.3) is 11.6 Å². The van der Waals surface area contributed by atoms with Gasteiger partial charge in [0.1, 0.15) is 5.56 Å². The Balaban J connectivity index is 2.08. The zero-order chi connectivity index (χ0) is 20.4. The van der Waals surface area contributed by atoms with E-state index in [4.69, 9.17) is 0 Å². The van der Waals surface area contributed by atoms with Crippen LogP contribution in [-0.4, -0.2) is 47.9 Å². The molecule has 0 atom stereocenters. The molecule has 0 aliphatic heterocycles. The maximum Gasteiger partial charge on any atom is 0.282 e. The van der Waals surface area contributed by atoms with Crippen LogP contribution in [-0.2, 0) is 0 Å². The molecule has 1 aromatic heterocycles. The Kier molecular flexibility index (Phi) is 5.71. The molecule has 0 saturated heterocycles. The fraction of sp³-hybridized carbons (Fsp3) is 0.300. The van der Waals surface area contributed by atoms with E-state index in [2.05, 4.69) is 11.1 Å². The smallest absolute Gasteiger partial charge is 0.282 e. The normalized spacial score (nSPS) is 11.2. The van der Waals surface area contributed by atoms with Crippen LogP contribution in [0.2, 0.25) is 0 Å². The lowest BCUT2D eigenvalue weighted by atomic mass is 10.1.